The molecule has 9 heteroatoms. The average Bonchev–Trinajstić information content (AvgIpc) is 3.09. The Morgan fingerprint density at radius 1 is 1.25 bits per heavy atom. The van der Waals surface area contributed by atoms with E-state index in [4.69, 9.17) is 16.3 Å². The maximum Gasteiger partial charge on any atom is 0.245 e. The fourth-order valence-electron chi connectivity index (χ4n) is 2.88. The van der Waals surface area contributed by atoms with Crippen molar-refractivity contribution in [1.29, 1.82) is 0 Å². The number of rotatable bonds is 6. The van der Waals surface area contributed by atoms with Gasteiger partial charge < -0.3 is 15.0 Å². The van der Waals surface area contributed by atoms with Gasteiger partial charge in [-0.2, -0.15) is 4.31 Å². The number of carbonyl (C=O) groups excluding carboxylic acids is 1. The number of halogens is 1. The zero-order chi connectivity index (χ0) is 20.5. The van der Waals surface area contributed by atoms with Crippen molar-refractivity contribution in [3.63, 3.8) is 0 Å². The maximum atomic E-state index is 13.0. The van der Waals surface area contributed by atoms with Crippen LogP contribution in [0.1, 0.15) is 5.56 Å². The van der Waals surface area contributed by atoms with Gasteiger partial charge in [0.1, 0.15) is 10.6 Å². The van der Waals surface area contributed by atoms with Gasteiger partial charge in [-0.3, -0.25) is 4.79 Å². The predicted molar refractivity (Wildman–Crippen MR) is 109 cm³/mol. The number of nitrogens with one attached hydrogen (secondary N) is 2. The Bertz CT molecular complexity index is 1140. The van der Waals surface area contributed by atoms with Gasteiger partial charge in [0.25, 0.3) is 0 Å². The van der Waals surface area contributed by atoms with Crippen molar-refractivity contribution in [3.05, 3.63) is 53.2 Å². The van der Waals surface area contributed by atoms with Crippen LogP contribution in [-0.4, -0.2) is 44.3 Å². The first-order valence-electron chi connectivity index (χ1n) is 8.40. The second-order valence-electron chi connectivity index (χ2n) is 6.36. The highest BCUT2D eigenvalue weighted by molar-refractivity contribution is 7.89. The molecule has 1 amide bonds. The number of aromatic amines is 1. The van der Waals surface area contributed by atoms with Gasteiger partial charge in [-0.05, 0) is 48.9 Å². The number of H-pyrrole nitrogens is 1. The van der Waals surface area contributed by atoms with E-state index < -0.39 is 15.9 Å². The molecule has 0 spiro atoms. The van der Waals surface area contributed by atoms with Gasteiger partial charge in [0.2, 0.25) is 15.9 Å². The molecule has 148 valence electrons. The van der Waals surface area contributed by atoms with Crippen LogP contribution in [0.5, 0.6) is 5.75 Å². The Kier molecular flexibility index (Phi) is 5.64. The molecule has 28 heavy (non-hydrogen) atoms. The third-order valence-corrected chi connectivity index (χ3v) is 6.38. The number of nitrogens with zero attached hydrogens (tertiary/aromatic N) is 1. The second-order valence-corrected chi connectivity index (χ2v) is 8.78. The number of hydrogen-bond acceptors (Lipinski definition) is 4. The molecule has 1 aromatic heterocycles. The summed E-state index contributed by atoms with van der Waals surface area (Å²) < 4.78 is 32.1. The fraction of sp³-hybridized carbons (Fsp3) is 0.211. The summed E-state index contributed by atoms with van der Waals surface area (Å²) in [4.78, 5) is 15.4. The number of aromatic nitrogens is 1. The van der Waals surface area contributed by atoms with Gasteiger partial charge in [0.15, 0.2) is 0 Å². The maximum absolute atomic E-state index is 13.0. The van der Waals surface area contributed by atoms with Crippen molar-refractivity contribution < 1.29 is 17.9 Å². The van der Waals surface area contributed by atoms with Gasteiger partial charge in [0.05, 0.1) is 24.2 Å². The van der Waals surface area contributed by atoms with Crippen molar-refractivity contribution >= 4 is 44.1 Å². The van der Waals surface area contributed by atoms with E-state index in [1.165, 1.54) is 20.2 Å². The van der Waals surface area contributed by atoms with E-state index in [0.29, 0.717) is 22.0 Å². The first-order valence-corrected chi connectivity index (χ1v) is 10.2. The summed E-state index contributed by atoms with van der Waals surface area (Å²) in [5.74, 6) is -0.00327. The van der Waals surface area contributed by atoms with E-state index in [1.54, 1.807) is 24.4 Å². The zero-order valence-corrected chi connectivity index (χ0v) is 17.2. The minimum absolute atomic E-state index is 0.135. The van der Waals surface area contributed by atoms with Crippen molar-refractivity contribution in [2.24, 2.45) is 0 Å². The molecule has 0 atom stereocenters. The molecule has 3 aromatic rings. The van der Waals surface area contributed by atoms with E-state index in [2.05, 4.69) is 10.3 Å². The molecule has 0 aliphatic heterocycles. The Labute approximate surface area is 168 Å². The largest absolute Gasteiger partial charge is 0.495 e. The van der Waals surface area contributed by atoms with E-state index >= 15 is 0 Å². The van der Waals surface area contributed by atoms with Crippen LogP contribution in [0.2, 0.25) is 5.02 Å². The van der Waals surface area contributed by atoms with Crippen LogP contribution in [0, 0.1) is 6.92 Å². The standard InChI is InChI=1S/C19H20ClN3O4S/c1-12-8-13-6-7-21-19(13)17(9-12)28(25,26)23(2)11-18(24)22-14-4-5-16(27-3)15(20)10-14/h4-10,21H,11H2,1-3H3,(H,22,24). The number of hydrogen-bond donors (Lipinski definition) is 2. The quantitative estimate of drug-likeness (QED) is 0.638. The van der Waals surface area contributed by atoms with Crippen molar-refractivity contribution in [1.82, 2.24) is 9.29 Å². The minimum atomic E-state index is -3.87. The van der Waals surface area contributed by atoms with E-state index in [0.717, 1.165) is 15.3 Å². The van der Waals surface area contributed by atoms with E-state index in [-0.39, 0.29) is 11.4 Å². The van der Waals surface area contributed by atoms with Crippen LogP contribution >= 0.6 is 11.6 Å². The average molecular weight is 422 g/mol. The lowest BCUT2D eigenvalue weighted by Gasteiger charge is -2.18. The predicted octanol–water partition coefficient (Wildman–Crippen LogP) is 3.40. The highest BCUT2D eigenvalue weighted by Gasteiger charge is 2.26. The van der Waals surface area contributed by atoms with Crippen LogP contribution in [0.4, 0.5) is 5.69 Å². The molecule has 0 radical (unpaired) electrons. The molecule has 0 aliphatic carbocycles. The molecule has 7 nitrogen and oxygen atoms in total. The van der Waals surface area contributed by atoms with Gasteiger partial charge in [-0.1, -0.05) is 11.6 Å². The zero-order valence-electron chi connectivity index (χ0n) is 15.6. The number of likely N-dealkylation sites (N-methyl/N-ethyl adjacent to an activating group) is 1. The summed E-state index contributed by atoms with van der Waals surface area (Å²) in [5.41, 5.74) is 1.78. The smallest absolute Gasteiger partial charge is 0.245 e. The second kappa shape index (κ2) is 7.83. The molecule has 2 aromatic carbocycles. The fourth-order valence-corrected chi connectivity index (χ4v) is 4.53. The summed E-state index contributed by atoms with van der Waals surface area (Å²) >= 11 is 6.04. The van der Waals surface area contributed by atoms with Crippen molar-refractivity contribution in [3.8, 4) is 5.75 Å². The lowest BCUT2D eigenvalue weighted by Crippen LogP contribution is -2.35. The third-order valence-electron chi connectivity index (χ3n) is 4.26. The number of sulfonamides is 1. The molecule has 0 saturated carbocycles. The lowest BCUT2D eigenvalue weighted by molar-refractivity contribution is -0.116. The molecule has 0 aliphatic rings. The number of fused-ring (bicyclic) bond motifs is 1. The summed E-state index contributed by atoms with van der Waals surface area (Å²) in [5, 5.41) is 3.78. The summed E-state index contributed by atoms with van der Waals surface area (Å²) in [6.45, 7) is 1.48. The van der Waals surface area contributed by atoms with Crippen molar-refractivity contribution in [2.75, 3.05) is 26.0 Å². The molecule has 0 bridgehead atoms. The first kappa shape index (κ1) is 20.2. The SMILES string of the molecule is COc1ccc(NC(=O)CN(C)S(=O)(=O)c2cc(C)cc3cc[nH]c23)cc1Cl. The molecule has 0 saturated heterocycles. The molecule has 1 heterocycles. The van der Waals surface area contributed by atoms with Crippen LogP contribution in [-0.2, 0) is 14.8 Å². The van der Waals surface area contributed by atoms with Gasteiger partial charge in [0, 0.05) is 24.3 Å². The minimum Gasteiger partial charge on any atom is -0.495 e. The molecular formula is C19H20ClN3O4S. The number of anilines is 1. The number of benzene rings is 2. The summed E-state index contributed by atoms with van der Waals surface area (Å²) in [6.07, 6.45) is 1.68. The summed E-state index contributed by atoms with van der Waals surface area (Å²) in [6, 6.07) is 10.1. The highest BCUT2D eigenvalue weighted by Crippen LogP contribution is 2.28. The number of amides is 1. The Hall–Kier alpha value is -2.55. The number of carbonyl (C=O) groups is 1. The normalized spacial score (nSPS) is 11.8. The lowest BCUT2D eigenvalue weighted by atomic mass is 10.2. The van der Waals surface area contributed by atoms with E-state index in [9.17, 15) is 13.2 Å². The van der Waals surface area contributed by atoms with Crippen LogP contribution in [0.3, 0.4) is 0 Å². The number of ether oxygens (including phenoxy) is 1. The summed E-state index contributed by atoms with van der Waals surface area (Å²) in [7, 11) is -1.01. The first-order chi connectivity index (χ1) is 13.2. The van der Waals surface area contributed by atoms with Gasteiger partial charge >= 0.3 is 0 Å². The van der Waals surface area contributed by atoms with Crippen LogP contribution in [0.15, 0.2) is 47.5 Å². The topological polar surface area (TPSA) is 91.5 Å². The monoisotopic (exact) mass is 421 g/mol. The highest BCUT2D eigenvalue weighted by atomic mass is 35.5. The van der Waals surface area contributed by atoms with Crippen molar-refractivity contribution in [2.45, 2.75) is 11.8 Å². The third kappa shape index (κ3) is 3.99. The Morgan fingerprint density at radius 2 is 2.00 bits per heavy atom. The Balaban J connectivity index is 1.79. The van der Waals surface area contributed by atoms with Gasteiger partial charge in [-0.25, -0.2) is 8.42 Å². The molecule has 0 unspecified atom stereocenters. The molecule has 0 fully saturated rings. The van der Waals surface area contributed by atoms with Crippen LogP contribution < -0.4 is 10.1 Å². The van der Waals surface area contributed by atoms with Gasteiger partial charge in [-0.15, -0.1) is 0 Å². The Morgan fingerprint density at radius 3 is 2.68 bits per heavy atom. The molecular weight excluding hydrogens is 402 g/mol. The van der Waals surface area contributed by atoms with E-state index in [1.807, 2.05) is 19.1 Å². The number of methoxy groups -OCH3 is 1. The van der Waals surface area contributed by atoms with Crippen LogP contribution in [0.25, 0.3) is 10.9 Å². The number of aryl methyl sites for hydroxylation is 1. The molecule has 2 N–H and O–H groups in total. The molecule has 3 rings (SSSR count).